The van der Waals surface area contributed by atoms with Gasteiger partial charge in [-0.15, -0.1) is 11.3 Å². The van der Waals surface area contributed by atoms with Crippen LogP contribution in [0, 0.1) is 0 Å². The average Bonchev–Trinajstić information content (AvgIpc) is 3.26. The Hall–Kier alpha value is -2.64. The van der Waals surface area contributed by atoms with E-state index >= 15 is 0 Å². The maximum absolute atomic E-state index is 13.0. The van der Waals surface area contributed by atoms with Gasteiger partial charge < -0.3 is 15.7 Å². The third-order valence-electron chi connectivity index (χ3n) is 4.84. The maximum Gasteiger partial charge on any atom is 0.266 e. The molecule has 3 N–H and O–H groups in total. The molecule has 3 aromatic rings. The van der Waals surface area contributed by atoms with Crippen molar-refractivity contribution >= 4 is 33.1 Å². The normalized spacial score (nSPS) is 17.1. The summed E-state index contributed by atoms with van der Waals surface area (Å²) in [5.74, 6) is -0.174. The highest BCUT2D eigenvalue weighted by Gasteiger charge is 2.31. The first-order valence-corrected chi connectivity index (χ1v) is 9.34. The second kappa shape index (κ2) is 6.59. The molecule has 1 amide bonds. The van der Waals surface area contributed by atoms with Gasteiger partial charge in [-0.1, -0.05) is 18.2 Å². The molecule has 1 aliphatic heterocycles. The van der Waals surface area contributed by atoms with E-state index in [0.717, 1.165) is 18.5 Å². The van der Waals surface area contributed by atoms with Crippen molar-refractivity contribution in [1.82, 2.24) is 9.47 Å². The molecule has 26 heavy (non-hydrogen) atoms. The Kier molecular flexibility index (Phi) is 4.26. The third-order valence-corrected chi connectivity index (χ3v) is 6.03. The van der Waals surface area contributed by atoms with Crippen molar-refractivity contribution in [3.8, 4) is 5.69 Å². The number of rotatable bonds is 3. The molecule has 0 radical (unpaired) electrons. The van der Waals surface area contributed by atoms with Crippen LogP contribution < -0.4 is 11.3 Å². The van der Waals surface area contributed by atoms with Crippen molar-refractivity contribution in [3.63, 3.8) is 0 Å². The van der Waals surface area contributed by atoms with Crippen LogP contribution in [0.1, 0.15) is 22.5 Å². The summed E-state index contributed by atoms with van der Waals surface area (Å²) in [7, 11) is 0. The van der Waals surface area contributed by atoms with E-state index in [0.29, 0.717) is 27.3 Å². The SMILES string of the molecule is Nc1c(C(=O)N2CCCC2CO)sc2c1ccc(=O)n2-c1ccccc1. The zero-order chi connectivity index (χ0) is 18.3. The summed E-state index contributed by atoms with van der Waals surface area (Å²) < 4.78 is 1.58. The summed E-state index contributed by atoms with van der Waals surface area (Å²) in [6, 6.07) is 12.3. The number of para-hydroxylation sites is 1. The molecule has 7 heteroatoms. The first-order chi connectivity index (χ1) is 12.6. The Morgan fingerprint density at radius 2 is 2.00 bits per heavy atom. The number of amides is 1. The Labute approximate surface area is 154 Å². The molecular weight excluding hydrogens is 350 g/mol. The minimum Gasteiger partial charge on any atom is -0.397 e. The zero-order valence-electron chi connectivity index (χ0n) is 14.1. The highest BCUT2D eigenvalue weighted by atomic mass is 32.1. The Balaban J connectivity index is 1.87. The number of nitrogens with zero attached hydrogens (tertiary/aromatic N) is 2. The smallest absolute Gasteiger partial charge is 0.266 e. The first-order valence-electron chi connectivity index (χ1n) is 8.53. The van der Waals surface area contributed by atoms with E-state index in [1.807, 2.05) is 30.3 Å². The largest absolute Gasteiger partial charge is 0.397 e. The van der Waals surface area contributed by atoms with Crippen LogP contribution in [0.4, 0.5) is 5.69 Å². The van der Waals surface area contributed by atoms with E-state index in [1.165, 1.54) is 17.4 Å². The topological polar surface area (TPSA) is 88.6 Å². The second-order valence-corrected chi connectivity index (χ2v) is 7.38. The molecule has 1 unspecified atom stereocenters. The van der Waals surface area contributed by atoms with Crippen LogP contribution in [0.3, 0.4) is 0 Å². The molecule has 6 nitrogen and oxygen atoms in total. The number of likely N-dealkylation sites (tertiary alicyclic amines) is 1. The molecule has 0 saturated carbocycles. The van der Waals surface area contributed by atoms with Crippen LogP contribution in [0.25, 0.3) is 15.9 Å². The van der Waals surface area contributed by atoms with Crippen LogP contribution >= 0.6 is 11.3 Å². The molecule has 1 aromatic carbocycles. The molecule has 1 saturated heterocycles. The van der Waals surface area contributed by atoms with Crippen molar-refractivity contribution < 1.29 is 9.90 Å². The number of fused-ring (bicyclic) bond motifs is 1. The van der Waals surface area contributed by atoms with Crippen molar-refractivity contribution in [2.24, 2.45) is 0 Å². The molecule has 0 aliphatic carbocycles. The summed E-state index contributed by atoms with van der Waals surface area (Å²) >= 11 is 1.23. The number of pyridine rings is 1. The summed E-state index contributed by atoms with van der Waals surface area (Å²) in [4.78, 5) is 28.2. The number of carbonyl (C=O) groups excluding carboxylic acids is 1. The van der Waals surface area contributed by atoms with Crippen molar-refractivity contribution in [2.45, 2.75) is 18.9 Å². The fourth-order valence-electron chi connectivity index (χ4n) is 3.50. The van der Waals surface area contributed by atoms with Gasteiger partial charge in [-0.25, -0.2) is 0 Å². The number of anilines is 1. The van der Waals surface area contributed by atoms with E-state index in [4.69, 9.17) is 5.73 Å². The summed E-state index contributed by atoms with van der Waals surface area (Å²) in [5, 5.41) is 10.2. The van der Waals surface area contributed by atoms with Gasteiger partial charge >= 0.3 is 0 Å². The molecule has 3 heterocycles. The van der Waals surface area contributed by atoms with E-state index in [9.17, 15) is 14.7 Å². The number of hydrogen-bond donors (Lipinski definition) is 2. The number of nitrogens with two attached hydrogens (primary N) is 1. The van der Waals surface area contributed by atoms with E-state index in [1.54, 1.807) is 15.5 Å². The van der Waals surface area contributed by atoms with Crippen molar-refractivity contribution in [1.29, 1.82) is 0 Å². The second-order valence-electron chi connectivity index (χ2n) is 6.38. The minimum atomic E-state index is -0.174. The van der Waals surface area contributed by atoms with Crippen LogP contribution in [0.15, 0.2) is 47.3 Å². The number of nitrogen functional groups attached to an aromatic ring is 1. The standard InChI is InChI=1S/C19H19N3O3S/c20-16-14-8-9-15(24)22(12-5-2-1-3-6-12)19(14)26-17(16)18(25)21-10-4-7-13(21)11-23/h1-3,5-6,8-9,13,23H,4,7,10-11,20H2. The van der Waals surface area contributed by atoms with Gasteiger partial charge in [0.05, 0.1) is 24.0 Å². The van der Waals surface area contributed by atoms with Crippen LogP contribution in [-0.4, -0.2) is 39.7 Å². The quantitative estimate of drug-likeness (QED) is 0.741. The fraction of sp³-hybridized carbons (Fsp3) is 0.263. The van der Waals surface area contributed by atoms with Gasteiger partial charge in [0.1, 0.15) is 9.71 Å². The highest BCUT2D eigenvalue weighted by molar-refractivity contribution is 7.21. The summed E-state index contributed by atoms with van der Waals surface area (Å²) in [6.07, 6.45) is 1.66. The summed E-state index contributed by atoms with van der Waals surface area (Å²) in [5.41, 5.74) is 7.23. The Bertz CT molecular complexity index is 1030. The lowest BCUT2D eigenvalue weighted by Crippen LogP contribution is -2.37. The average molecular weight is 369 g/mol. The predicted molar refractivity (Wildman–Crippen MR) is 103 cm³/mol. The molecule has 4 rings (SSSR count). The lowest BCUT2D eigenvalue weighted by molar-refractivity contribution is 0.0683. The fourth-order valence-corrected chi connectivity index (χ4v) is 4.70. The number of aliphatic hydroxyl groups is 1. The number of aromatic nitrogens is 1. The minimum absolute atomic E-state index is 0.0503. The number of carbonyl (C=O) groups is 1. The molecule has 134 valence electrons. The lowest BCUT2D eigenvalue weighted by Gasteiger charge is -2.22. The van der Waals surface area contributed by atoms with Gasteiger partial charge in [-0.05, 0) is 31.0 Å². The molecule has 0 spiro atoms. The first kappa shape index (κ1) is 16.8. The predicted octanol–water partition coefficient (Wildman–Crippen LogP) is 2.23. The van der Waals surface area contributed by atoms with Gasteiger partial charge in [-0.2, -0.15) is 0 Å². The van der Waals surface area contributed by atoms with Crippen LogP contribution in [0.5, 0.6) is 0 Å². The van der Waals surface area contributed by atoms with Crippen LogP contribution in [0.2, 0.25) is 0 Å². The van der Waals surface area contributed by atoms with Gasteiger partial charge in [-0.3, -0.25) is 14.2 Å². The molecule has 1 fully saturated rings. The number of thiophene rings is 1. The van der Waals surface area contributed by atoms with Crippen LogP contribution in [-0.2, 0) is 0 Å². The lowest BCUT2D eigenvalue weighted by atomic mass is 10.2. The van der Waals surface area contributed by atoms with Gasteiger partial charge in [0.25, 0.3) is 11.5 Å². The molecule has 2 aromatic heterocycles. The number of aliphatic hydroxyl groups excluding tert-OH is 1. The van der Waals surface area contributed by atoms with Crippen molar-refractivity contribution in [3.05, 3.63) is 57.7 Å². The molecule has 1 atom stereocenters. The monoisotopic (exact) mass is 369 g/mol. The number of benzene rings is 1. The van der Waals surface area contributed by atoms with E-state index in [-0.39, 0.29) is 24.1 Å². The highest BCUT2D eigenvalue weighted by Crippen LogP contribution is 2.35. The molecule has 0 bridgehead atoms. The Morgan fingerprint density at radius 3 is 2.73 bits per heavy atom. The van der Waals surface area contributed by atoms with Gasteiger partial charge in [0, 0.05) is 18.0 Å². The maximum atomic E-state index is 13.0. The molecular formula is C19H19N3O3S. The van der Waals surface area contributed by atoms with Gasteiger partial charge in [0.15, 0.2) is 0 Å². The number of hydrogen-bond acceptors (Lipinski definition) is 5. The summed E-state index contributed by atoms with van der Waals surface area (Å²) in [6.45, 7) is 0.564. The third kappa shape index (κ3) is 2.60. The van der Waals surface area contributed by atoms with E-state index in [2.05, 4.69) is 0 Å². The van der Waals surface area contributed by atoms with Crippen molar-refractivity contribution in [2.75, 3.05) is 18.9 Å². The molecule has 1 aliphatic rings. The zero-order valence-corrected chi connectivity index (χ0v) is 14.9. The van der Waals surface area contributed by atoms with Gasteiger partial charge in [0.2, 0.25) is 0 Å². The Morgan fingerprint density at radius 1 is 1.23 bits per heavy atom. The van der Waals surface area contributed by atoms with E-state index < -0.39 is 0 Å².